The van der Waals surface area contributed by atoms with Crippen LogP contribution in [0.3, 0.4) is 0 Å². The number of likely N-dealkylation sites (tertiary alicyclic amines) is 1. The molecule has 2 atom stereocenters. The molecular weight excluding hydrogens is 322 g/mol. The molecule has 24 heavy (non-hydrogen) atoms. The van der Waals surface area contributed by atoms with E-state index in [1.807, 2.05) is 17.0 Å². The van der Waals surface area contributed by atoms with Gasteiger partial charge in [-0.3, -0.25) is 4.79 Å². The monoisotopic (exact) mass is 341 g/mol. The molecule has 0 bridgehead atoms. The summed E-state index contributed by atoms with van der Waals surface area (Å²) in [6.07, 6.45) is 5.05. The molecule has 2 fully saturated rings. The minimum Gasteiger partial charge on any atom is -0.339 e. The topological polar surface area (TPSA) is 59.2 Å². The van der Waals surface area contributed by atoms with Crippen molar-refractivity contribution in [3.05, 3.63) is 41.5 Å². The first kappa shape index (κ1) is 14.5. The van der Waals surface area contributed by atoms with Crippen molar-refractivity contribution in [3.8, 4) is 0 Å². The number of nitrogens with zero attached hydrogens (tertiary/aromatic N) is 3. The summed E-state index contributed by atoms with van der Waals surface area (Å²) in [4.78, 5) is 20.9. The van der Waals surface area contributed by atoms with E-state index in [0.29, 0.717) is 11.7 Å². The third-order valence-electron chi connectivity index (χ3n) is 5.14. The predicted molar refractivity (Wildman–Crippen MR) is 89.8 cm³/mol. The maximum absolute atomic E-state index is 13.1. The maximum Gasteiger partial charge on any atom is 0.237 e. The molecule has 2 aromatic rings. The molecule has 3 aliphatic rings. The second-order valence-electron chi connectivity index (χ2n) is 6.87. The molecule has 1 amide bonds. The molecule has 3 heterocycles. The van der Waals surface area contributed by atoms with Crippen LogP contribution < -0.4 is 0 Å². The Morgan fingerprint density at radius 3 is 2.96 bits per heavy atom. The number of hydrogen-bond donors (Lipinski definition) is 0. The van der Waals surface area contributed by atoms with Crippen LogP contribution in [0.5, 0.6) is 0 Å². The lowest BCUT2D eigenvalue weighted by molar-refractivity contribution is -0.131. The molecule has 0 spiro atoms. The fraction of sp³-hybridized carbons (Fsp3) is 0.500. The van der Waals surface area contributed by atoms with Crippen LogP contribution in [0.1, 0.15) is 54.9 Å². The third kappa shape index (κ3) is 2.44. The van der Waals surface area contributed by atoms with E-state index >= 15 is 0 Å². The van der Waals surface area contributed by atoms with E-state index in [4.69, 9.17) is 4.52 Å². The second-order valence-corrected chi connectivity index (χ2v) is 8.12. The summed E-state index contributed by atoms with van der Waals surface area (Å²) in [5.74, 6) is 2.13. The molecule has 1 aromatic carbocycles. The molecule has 1 aliphatic carbocycles. The first-order valence-electron chi connectivity index (χ1n) is 8.68. The quantitative estimate of drug-likeness (QED) is 0.857. The Labute approximate surface area is 144 Å². The Bertz CT molecular complexity index is 761. The van der Waals surface area contributed by atoms with Crippen LogP contribution in [0.2, 0.25) is 0 Å². The van der Waals surface area contributed by atoms with E-state index in [-0.39, 0.29) is 17.2 Å². The molecule has 0 N–H and O–H groups in total. The Kier molecular flexibility index (Phi) is 3.40. The van der Waals surface area contributed by atoms with Crippen LogP contribution in [-0.4, -0.2) is 32.7 Å². The first-order valence-corrected chi connectivity index (χ1v) is 9.56. The van der Waals surface area contributed by atoms with Gasteiger partial charge in [0, 0.05) is 17.4 Å². The number of rotatable bonds is 3. The smallest absolute Gasteiger partial charge is 0.237 e. The van der Waals surface area contributed by atoms with Crippen molar-refractivity contribution in [1.29, 1.82) is 0 Å². The van der Waals surface area contributed by atoms with Gasteiger partial charge in [0.1, 0.15) is 0 Å². The average molecular weight is 341 g/mol. The standard InChI is InChI=1S/C18H19N3O2S/c22-18(15-10-12-4-1-2-6-14(12)24-15)21-9-3-5-13(21)16-19-17(23-20-16)11-7-8-11/h1-2,4,6,11,13,15H,3,5,7-10H2/t13-,15+/m1/s1. The van der Waals surface area contributed by atoms with Crippen LogP contribution in [0.4, 0.5) is 0 Å². The minimum absolute atomic E-state index is 0.0157. The van der Waals surface area contributed by atoms with Crippen LogP contribution in [-0.2, 0) is 11.2 Å². The van der Waals surface area contributed by atoms with Crippen molar-refractivity contribution < 1.29 is 9.32 Å². The summed E-state index contributed by atoms with van der Waals surface area (Å²) in [5.41, 5.74) is 1.28. The van der Waals surface area contributed by atoms with Crippen LogP contribution in [0, 0.1) is 0 Å². The molecule has 5 rings (SSSR count). The van der Waals surface area contributed by atoms with Gasteiger partial charge in [0.25, 0.3) is 0 Å². The summed E-state index contributed by atoms with van der Waals surface area (Å²) in [5, 5.41) is 4.16. The zero-order valence-corrected chi connectivity index (χ0v) is 14.2. The van der Waals surface area contributed by atoms with Gasteiger partial charge in [-0.1, -0.05) is 23.4 Å². The number of amides is 1. The highest BCUT2D eigenvalue weighted by Gasteiger charge is 2.39. The van der Waals surface area contributed by atoms with E-state index in [1.54, 1.807) is 11.8 Å². The van der Waals surface area contributed by atoms with Gasteiger partial charge in [-0.05, 0) is 43.7 Å². The highest BCUT2D eigenvalue weighted by atomic mass is 32.2. The minimum atomic E-state index is -0.0159. The molecule has 0 radical (unpaired) electrons. The highest BCUT2D eigenvalue weighted by molar-refractivity contribution is 8.01. The lowest BCUT2D eigenvalue weighted by Gasteiger charge is -2.24. The van der Waals surface area contributed by atoms with Crippen molar-refractivity contribution in [2.75, 3.05) is 6.54 Å². The van der Waals surface area contributed by atoms with Gasteiger partial charge < -0.3 is 9.42 Å². The number of hydrogen-bond acceptors (Lipinski definition) is 5. The van der Waals surface area contributed by atoms with Crippen molar-refractivity contribution in [2.45, 2.75) is 54.2 Å². The van der Waals surface area contributed by atoms with E-state index in [1.165, 1.54) is 10.5 Å². The molecular formula is C18H19N3O2S. The lowest BCUT2D eigenvalue weighted by Crippen LogP contribution is -2.37. The molecule has 1 aromatic heterocycles. The van der Waals surface area contributed by atoms with Gasteiger partial charge in [-0.25, -0.2) is 0 Å². The van der Waals surface area contributed by atoms with Gasteiger partial charge in [0.15, 0.2) is 5.82 Å². The zero-order valence-electron chi connectivity index (χ0n) is 13.4. The normalized spacial score (nSPS) is 25.9. The Morgan fingerprint density at radius 2 is 2.12 bits per heavy atom. The largest absolute Gasteiger partial charge is 0.339 e. The van der Waals surface area contributed by atoms with E-state index in [2.05, 4.69) is 22.3 Å². The van der Waals surface area contributed by atoms with E-state index < -0.39 is 0 Å². The second kappa shape index (κ2) is 5.62. The van der Waals surface area contributed by atoms with Gasteiger partial charge in [0.05, 0.1) is 11.3 Å². The third-order valence-corrected chi connectivity index (χ3v) is 6.45. The SMILES string of the molecule is O=C([C@@H]1Cc2ccccc2S1)N1CCC[C@@H]1c1noc(C2CC2)n1. The van der Waals surface area contributed by atoms with Gasteiger partial charge in [-0.15, -0.1) is 11.8 Å². The summed E-state index contributed by atoms with van der Waals surface area (Å²) >= 11 is 1.69. The van der Waals surface area contributed by atoms with Crippen LogP contribution in [0.15, 0.2) is 33.7 Å². The zero-order chi connectivity index (χ0) is 16.1. The van der Waals surface area contributed by atoms with Gasteiger partial charge in [-0.2, -0.15) is 4.98 Å². The number of thioether (sulfide) groups is 1. The average Bonchev–Trinajstić information content (AvgIpc) is 3.06. The van der Waals surface area contributed by atoms with Crippen LogP contribution >= 0.6 is 11.8 Å². The molecule has 6 heteroatoms. The number of fused-ring (bicyclic) bond motifs is 1. The summed E-state index contributed by atoms with van der Waals surface area (Å²) in [6.45, 7) is 0.796. The highest BCUT2D eigenvalue weighted by Crippen LogP contribution is 2.42. The Hall–Kier alpha value is -1.82. The van der Waals surface area contributed by atoms with E-state index in [0.717, 1.165) is 44.5 Å². The van der Waals surface area contributed by atoms with Crippen LogP contribution in [0.25, 0.3) is 0 Å². The molecule has 124 valence electrons. The molecule has 1 saturated heterocycles. The molecule has 1 saturated carbocycles. The van der Waals surface area contributed by atoms with Gasteiger partial charge >= 0.3 is 0 Å². The Morgan fingerprint density at radius 1 is 1.25 bits per heavy atom. The summed E-state index contributed by atoms with van der Waals surface area (Å²) < 4.78 is 5.40. The lowest BCUT2D eigenvalue weighted by atomic mass is 10.1. The van der Waals surface area contributed by atoms with Crippen molar-refractivity contribution in [1.82, 2.24) is 15.0 Å². The maximum atomic E-state index is 13.1. The number of carbonyl (C=O) groups excluding carboxylic acids is 1. The fourth-order valence-electron chi connectivity index (χ4n) is 3.68. The number of carbonyl (C=O) groups is 1. The van der Waals surface area contributed by atoms with Gasteiger partial charge in [0.2, 0.25) is 11.8 Å². The molecule has 5 nitrogen and oxygen atoms in total. The first-order chi connectivity index (χ1) is 11.8. The predicted octanol–water partition coefficient (Wildman–Crippen LogP) is 3.33. The van der Waals surface area contributed by atoms with Crippen molar-refractivity contribution in [2.24, 2.45) is 0 Å². The fourth-order valence-corrected chi connectivity index (χ4v) is 4.95. The molecule has 0 unspecified atom stereocenters. The number of benzene rings is 1. The number of aromatic nitrogens is 2. The summed E-state index contributed by atoms with van der Waals surface area (Å²) in [6, 6.07) is 8.30. The summed E-state index contributed by atoms with van der Waals surface area (Å²) in [7, 11) is 0. The molecule has 2 aliphatic heterocycles. The van der Waals surface area contributed by atoms with Crippen molar-refractivity contribution >= 4 is 17.7 Å². The van der Waals surface area contributed by atoms with E-state index in [9.17, 15) is 4.79 Å². The Balaban J connectivity index is 1.34. The van der Waals surface area contributed by atoms with Crippen molar-refractivity contribution in [3.63, 3.8) is 0 Å².